The number of hydrogen-bond donors (Lipinski definition) is 3. The minimum atomic E-state index is -0.649. The molecule has 1 heterocycles. The number of morpholine rings is 1. The van der Waals surface area contributed by atoms with Crippen LogP contribution in [0.2, 0.25) is 0 Å². The van der Waals surface area contributed by atoms with Crippen LogP contribution >= 0.6 is 0 Å². The maximum atomic E-state index is 14.0. The van der Waals surface area contributed by atoms with Crippen LogP contribution < -0.4 is 11.2 Å². The predicted molar refractivity (Wildman–Crippen MR) is 91.2 cm³/mol. The minimum absolute atomic E-state index is 0.0797. The molecule has 0 amide bonds. The fourth-order valence-corrected chi connectivity index (χ4v) is 2.05. The summed E-state index contributed by atoms with van der Waals surface area (Å²) in [6.45, 7) is 5.69. The van der Waals surface area contributed by atoms with Gasteiger partial charge in [-0.25, -0.2) is 9.38 Å². The molecule has 8 heteroatoms. The Bertz CT molecular complexity index is 666. The lowest BCUT2D eigenvalue weighted by Crippen LogP contribution is -2.41. The van der Waals surface area contributed by atoms with Crippen molar-refractivity contribution in [2.45, 2.75) is 0 Å². The summed E-state index contributed by atoms with van der Waals surface area (Å²) in [7, 11) is 0. The second kappa shape index (κ2) is 8.68. The van der Waals surface area contributed by atoms with Gasteiger partial charge in [0, 0.05) is 24.9 Å². The quantitative estimate of drug-likeness (QED) is 0.429. The van der Waals surface area contributed by atoms with Crippen molar-refractivity contribution in [1.82, 2.24) is 10.3 Å². The fraction of sp³-hybridized carbons (Fsp3) is 0.250. The summed E-state index contributed by atoms with van der Waals surface area (Å²) in [4.78, 5) is 5.83. The van der Waals surface area contributed by atoms with Gasteiger partial charge in [0.1, 0.15) is 11.6 Å². The Morgan fingerprint density at radius 2 is 2.08 bits per heavy atom. The van der Waals surface area contributed by atoms with Crippen molar-refractivity contribution in [1.29, 1.82) is 0 Å². The van der Waals surface area contributed by atoms with Crippen molar-refractivity contribution in [2.24, 2.45) is 15.8 Å². The number of hydrazone groups is 1. The highest BCUT2D eigenvalue weighted by molar-refractivity contribution is 5.96. The third-order valence-corrected chi connectivity index (χ3v) is 3.25. The summed E-state index contributed by atoms with van der Waals surface area (Å²) in [5, 5.41) is 13.6. The van der Waals surface area contributed by atoms with Gasteiger partial charge in [0.25, 0.3) is 0 Å². The van der Waals surface area contributed by atoms with Crippen molar-refractivity contribution in [2.75, 3.05) is 26.3 Å². The van der Waals surface area contributed by atoms with Crippen LogP contribution in [0.25, 0.3) is 0 Å². The molecule has 0 aliphatic carbocycles. The molecule has 1 aromatic carbocycles. The van der Waals surface area contributed by atoms with Crippen molar-refractivity contribution >= 4 is 12.1 Å². The van der Waals surface area contributed by atoms with E-state index >= 15 is 0 Å². The normalized spacial score (nSPS) is 16.5. The Labute approximate surface area is 139 Å². The second-order valence-corrected chi connectivity index (χ2v) is 4.92. The molecule has 4 N–H and O–H groups in total. The van der Waals surface area contributed by atoms with Gasteiger partial charge in [-0.1, -0.05) is 18.7 Å². The van der Waals surface area contributed by atoms with Crippen LogP contribution in [0.15, 0.2) is 58.8 Å². The first kappa shape index (κ1) is 17.5. The maximum absolute atomic E-state index is 14.0. The lowest BCUT2D eigenvalue weighted by Gasteiger charge is -2.29. The van der Waals surface area contributed by atoms with Crippen molar-refractivity contribution in [3.63, 3.8) is 0 Å². The maximum Gasteiger partial charge on any atom is 0.181 e. The highest BCUT2D eigenvalue weighted by Gasteiger charge is 2.19. The molecule has 0 unspecified atom stereocenters. The Balaban J connectivity index is 2.05. The number of benzene rings is 1. The summed E-state index contributed by atoms with van der Waals surface area (Å²) < 4.78 is 19.2. The zero-order chi connectivity index (χ0) is 17.4. The van der Waals surface area contributed by atoms with Gasteiger partial charge in [-0.05, 0) is 12.1 Å². The number of phenolic OH excluding ortho intramolecular Hbond substituents is 1. The van der Waals surface area contributed by atoms with Crippen molar-refractivity contribution < 1.29 is 14.2 Å². The molecule has 0 bridgehead atoms. The largest absolute Gasteiger partial charge is 0.507 e. The topological polar surface area (TPSA) is 95.5 Å². The van der Waals surface area contributed by atoms with Gasteiger partial charge in [-0.2, -0.15) is 5.10 Å². The number of hydrogen-bond acceptors (Lipinski definition) is 6. The molecule has 24 heavy (non-hydrogen) atoms. The number of aromatic hydroxyl groups is 1. The first-order valence-electron chi connectivity index (χ1n) is 7.37. The Morgan fingerprint density at radius 3 is 2.75 bits per heavy atom. The summed E-state index contributed by atoms with van der Waals surface area (Å²) >= 11 is 0. The van der Waals surface area contributed by atoms with Crippen LogP contribution in [-0.4, -0.2) is 48.4 Å². The summed E-state index contributed by atoms with van der Waals surface area (Å²) in [6, 6.07) is 6.72. The number of nitrogens with one attached hydrogen (secondary N) is 1. The van der Waals surface area contributed by atoms with E-state index in [1.807, 2.05) is 0 Å². The van der Waals surface area contributed by atoms with Gasteiger partial charge in [-0.15, -0.1) is 0 Å². The van der Waals surface area contributed by atoms with Crippen LogP contribution in [0.1, 0.15) is 5.56 Å². The SMILES string of the molecule is C=C(/N=C(\C(F)=C/N)N1CCOCC1)N/N=C/c1ccccc1O. The zero-order valence-corrected chi connectivity index (χ0v) is 13.2. The minimum Gasteiger partial charge on any atom is -0.507 e. The van der Waals surface area contributed by atoms with E-state index in [9.17, 15) is 9.50 Å². The molecule has 1 fully saturated rings. The number of ether oxygens (including phenoxy) is 1. The molecule has 7 nitrogen and oxygen atoms in total. The smallest absolute Gasteiger partial charge is 0.181 e. The van der Waals surface area contributed by atoms with Crippen LogP contribution in [0.5, 0.6) is 5.75 Å². The van der Waals surface area contributed by atoms with Gasteiger partial charge in [0.15, 0.2) is 11.7 Å². The predicted octanol–water partition coefficient (Wildman–Crippen LogP) is 1.29. The van der Waals surface area contributed by atoms with Gasteiger partial charge in [0.05, 0.1) is 19.4 Å². The second-order valence-electron chi connectivity index (χ2n) is 4.92. The van der Waals surface area contributed by atoms with E-state index in [0.29, 0.717) is 31.9 Å². The van der Waals surface area contributed by atoms with Crippen LogP contribution in [0.4, 0.5) is 4.39 Å². The standard InChI is InChI=1S/C16H20FN5O2/c1-12(21-19-11-13-4-2-3-5-15(13)23)20-16(14(17)10-18)22-6-8-24-9-7-22/h2-5,10-11,21,23H,1,6-9,18H2/b14-10+,19-11+,20-16+. The lowest BCUT2D eigenvalue weighted by molar-refractivity contribution is 0.0676. The molecule has 0 radical (unpaired) electrons. The molecular formula is C16H20FN5O2. The summed E-state index contributed by atoms with van der Waals surface area (Å²) in [6.07, 6.45) is 2.27. The highest BCUT2D eigenvalue weighted by atomic mass is 19.1. The average molecular weight is 333 g/mol. The van der Waals surface area contributed by atoms with Crippen molar-refractivity contribution in [3.05, 3.63) is 54.3 Å². The zero-order valence-electron chi connectivity index (χ0n) is 13.2. The molecule has 0 atom stereocenters. The van der Waals surface area contributed by atoms with E-state index in [1.54, 1.807) is 29.2 Å². The van der Waals surface area contributed by atoms with E-state index in [1.165, 1.54) is 6.21 Å². The monoisotopic (exact) mass is 333 g/mol. The molecule has 0 saturated carbocycles. The molecule has 1 aliphatic rings. The number of para-hydroxylation sites is 1. The number of phenols is 1. The number of halogens is 1. The van der Waals surface area contributed by atoms with Crippen LogP contribution in [0.3, 0.4) is 0 Å². The van der Waals surface area contributed by atoms with E-state index in [0.717, 1.165) is 6.20 Å². The Morgan fingerprint density at radius 1 is 1.38 bits per heavy atom. The number of aliphatic imine (C=N–C) groups is 1. The molecular weight excluding hydrogens is 313 g/mol. The number of nitrogens with two attached hydrogens (primary N) is 1. The molecule has 1 saturated heterocycles. The molecule has 0 aromatic heterocycles. The van der Waals surface area contributed by atoms with E-state index in [-0.39, 0.29) is 17.4 Å². The first-order valence-corrected chi connectivity index (χ1v) is 7.37. The van der Waals surface area contributed by atoms with Gasteiger partial charge in [-0.3, -0.25) is 5.43 Å². The number of amidine groups is 1. The highest BCUT2D eigenvalue weighted by Crippen LogP contribution is 2.13. The number of nitrogens with zero attached hydrogens (tertiary/aromatic N) is 3. The molecule has 2 rings (SSSR count). The molecule has 1 aromatic rings. The Kier molecular flexibility index (Phi) is 6.32. The van der Waals surface area contributed by atoms with E-state index < -0.39 is 5.83 Å². The molecule has 0 spiro atoms. The number of rotatable bonds is 5. The third kappa shape index (κ3) is 4.82. The third-order valence-electron chi connectivity index (χ3n) is 3.25. The van der Waals surface area contributed by atoms with Crippen LogP contribution in [-0.2, 0) is 4.74 Å². The van der Waals surface area contributed by atoms with Crippen LogP contribution in [0, 0.1) is 0 Å². The van der Waals surface area contributed by atoms with E-state index in [2.05, 4.69) is 22.1 Å². The summed E-state index contributed by atoms with van der Waals surface area (Å²) in [5.74, 6) is -0.330. The Hall–Kier alpha value is -2.87. The van der Waals surface area contributed by atoms with Crippen molar-refractivity contribution in [3.8, 4) is 5.75 Å². The lowest BCUT2D eigenvalue weighted by atomic mass is 10.2. The van der Waals surface area contributed by atoms with Gasteiger partial charge in [0.2, 0.25) is 0 Å². The molecule has 128 valence electrons. The summed E-state index contributed by atoms with van der Waals surface area (Å²) in [5.41, 5.74) is 8.39. The fourth-order valence-electron chi connectivity index (χ4n) is 2.05. The van der Waals surface area contributed by atoms with Gasteiger partial charge < -0.3 is 20.5 Å². The van der Waals surface area contributed by atoms with E-state index in [4.69, 9.17) is 10.5 Å². The average Bonchev–Trinajstić information content (AvgIpc) is 2.61. The molecule has 1 aliphatic heterocycles. The first-order chi connectivity index (χ1) is 11.6. The van der Waals surface area contributed by atoms with Gasteiger partial charge >= 0.3 is 0 Å².